The van der Waals surface area contributed by atoms with Crippen LogP contribution in [-0.4, -0.2) is 35.8 Å². The maximum absolute atomic E-state index is 12.6. The van der Waals surface area contributed by atoms with Crippen LogP contribution in [0.4, 0.5) is 5.69 Å². The van der Waals surface area contributed by atoms with Gasteiger partial charge in [0.15, 0.2) is 0 Å². The lowest BCUT2D eigenvalue weighted by molar-refractivity contribution is -0.120. The van der Waals surface area contributed by atoms with Crippen molar-refractivity contribution in [3.63, 3.8) is 0 Å². The molecule has 2 rings (SSSR count). The second-order valence-electron chi connectivity index (χ2n) is 5.37. The summed E-state index contributed by atoms with van der Waals surface area (Å²) in [6.45, 7) is 4.69. The number of nitrogens with one attached hydrogen (secondary N) is 1. The minimum atomic E-state index is -0.0514. The lowest BCUT2D eigenvalue weighted by Gasteiger charge is -2.33. The summed E-state index contributed by atoms with van der Waals surface area (Å²) in [4.78, 5) is 25.5. The van der Waals surface area contributed by atoms with Crippen LogP contribution in [0.3, 0.4) is 0 Å². The Morgan fingerprint density at radius 3 is 2.76 bits per heavy atom. The topological polar surface area (TPSA) is 75.4 Å². The molecule has 1 fully saturated rings. The van der Waals surface area contributed by atoms with E-state index in [2.05, 4.69) is 5.32 Å². The van der Waals surface area contributed by atoms with Crippen molar-refractivity contribution in [2.75, 3.05) is 18.8 Å². The van der Waals surface area contributed by atoms with Crippen molar-refractivity contribution in [1.29, 1.82) is 0 Å². The molecule has 0 radical (unpaired) electrons. The van der Waals surface area contributed by atoms with Gasteiger partial charge in [-0.15, -0.1) is 12.4 Å². The van der Waals surface area contributed by atoms with Crippen molar-refractivity contribution in [2.45, 2.75) is 32.7 Å². The SMILES string of the molecule is CC(=O)NC1CCCN(C(=O)c2cc(N)ccc2C)C1.Cl. The zero-order chi connectivity index (χ0) is 14.7. The number of nitrogens with two attached hydrogens (primary N) is 1. The monoisotopic (exact) mass is 311 g/mol. The van der Waals surface area contributed by atoms with E-state index in [-0.39, 0.29) is 30.3 Å². The number of aryl methyl sites for hydroxylation is 1. The van der Waals surface area contributed by atoms with Crippen molar-refractivity contribution >= 4 is 29.9 Å². The molecule has 2 amide bonds. The van der Waals surface area contributed by atoms with Crippen molar-refractivity contribution in [3.8, 4) is 0 Å². The fourth-order valence-corrected chi connectivity index (χ4v) is 2.61. The maximum atomic E-state index is 12.6. The van der Waals surface area contributed by atoms with Gasteiger partial charge in [-0.1, -0.05) is 6.07 Å². The van der Waals surface area contributed by atoms with E-state index in [0.29, 0.717) is 17.8 Å². The molecule has 1 atom stereocenters. The molecule has 21 heavy (non-hydrogen) atoms. The Morgan fingerprint density at radius 2 is 2.10 bits per heavy atom. The second kappa shape index (κ2) is 7.31. The highest BCUT2D eigenvalue weighted by atomic mass is 35.5. The zero-order valence-electron chi connectivity index (χ0n) is 12.4. The molecule has 0 spiro atoms. The number of hydrogen-bond donors (Lipinski definition) is 2. The van der Waals surface area contributed by atoms with Crippen molar-refractivity contribution in [1.82, 2.24) is 10.2 Å². The van der Waals surface area contributed by atoms with Gasteiger partial charge in [0.25, 0.3) is 5.91 Å². The van der Waals surface area contributed by atoms with E-state index in [9.17, 15) is 9.59 Å². The van der Waals surface area contributed by atoms with Crippen LogP contribution in [0.5, 0.6) is 0 Å². The number of amides is 2. The molecular formula is C15H22ClN3O2. The number of halogens is 1. The van der Waals surface area contributed by atoms with E-state index in [1.807, 2.05) is 13.0 Å². The first-order valence-corrected chi connectivity index (χ1v) is 6.90. The van der Waals surface area contributed by atoms with Gasteiger partial charge in [-0.25, -0.2) is 0 Å². The second-order valence-corrected chi connectivity index (χ2v) is 5.37. The number of piperidine rings is 1. The predicted octanol–water partition coefficient (Wildman–Crippen LogP) is 1.74. The summed E-state index contributed by atoms with van der Waals surface area (Å²) in [5.41, 5.74) is 7.92. The third-order valence-corrected chi connectivity index (χ3v) is 3.61. The Kier molecular flexibility index (Phi) is 6.03. The number of carbonyl (C=O) groups is 2. The summed E-state index contributed by atoms with van der Waals surface area (Å²) in [5, 5.41) is 2.89. The first kappa shape index (κ1) is 17.3. The van der Waals surface area contributed by atoms with Crippen molar-refractivity contribution in [3.05, 3.63) is 29.3 Å². The number of benzene rings is 1. The molecule has 3 N–H and O–H groups in total. The molecule has 6 heteroatoms. The maximum Gasteiger partial charge on any atom is 0.254 e. The van der Waals surface area contributed by atoms with Gasteiger partial charge in [-0.3, -0.25) is 9.59 Å². The highest BCUT2D eigenvalue weighted by Crippen LogP contribution is 2.18. The lowest BCUT2D eigenvalue weighted by atomic mass is 10.0. The van der Waals surface area contributed by atoms with E-state index in [1.165, 1.54) is 6.92 Å². The smallest absolute Gasteiger partial charge is 0.254 e. The van der Waals surface area contributed by atoms with Crippen LogP contribution in [0.2, 0.25) is 0 Å². The molecule has 116 valence electrons. The van der Waals surface area contributed by atoms with Crippen LogP contribution >= 0.6 is 12.4 Å². The Bertz CT molecular complexity index is 534. The number of nitrogen functional groups attached to an aromatic ring is 1. The van der Waals surface area contributed by atoms with Crippen LogP contribution in [0.1, 0.15) is 35.7 Å². The summed E-state index contributed by atoms with van der Waals surface area (Å²) in [6, 6.07) is 5.42. The highest BCUT2D eigenvalue weighted by molar-refractivity contribution is 5.96. The first-order valence-electron chi connectivity index (χ1n) is 6.90. The van der Waals surface area contributed by atoms with Crippen LogP contribution in [0, 0.1) is 6.92 Å². The molecule has 5 nitrogen and oxygen atoms in total. The molecule has 1 saturated heterocycles. The predicted molar refractivity (Wildman–Crippen MR) is 85.6 cm³/mol. The molecule has 1 aromatic carbocycles. The fraction of sp³-hybridized carbons (Fsp3) is 0.467. The number of likely N-dealkylation sites (tertiary alicyclic amines) is 1. The first-order chi connectivity index (χ1) is 9.47. The average molecular weight is 312 g/mol. The molecule has 1 heterocycles. The fourth-order valence-electron chi connectivity index (χ4n) is 2.61. The van der Waals surface area contributed by atoms with Gasteiger partial charge in [-0.2, -0.15) is 0 Å². The largest absolute Gasteiger partial charge is 0.399 e. The van der Waals surface area contributed by atoms with Gasteiger partial charge in [0.05, 0.1) is 0 Å². The molecule has 1 aliphatic rings. The van der Waals surface area contributed by atoms with Gasteiger partial charge in [-0.05, 0) is 37.5 Å². The summed E-state index contributed by atoms with van der Waals surface area (Å²) < 4.78 is 0. The normalized spacial score (nSPS) is 17.8. The number of carbonyl (C=O) groups excluding carboxylic acids is 2. The summed E-state index contributed by atoms with van der Waals surface area (Å²) in [5.74, 6) is -0.0608. The summed E-state index contributed by atoms with van der Waals surface area (Å²) >= 11 is 0. The molecule has 0 aromatic heterocycles. The number of hydrogen-bond acceptors (Lipinski definition) is 3. The quantitative estimate of drug-likeness (QED) is 0.817. The molecule has 0 aliphatic carbocycles. The van der Waals surface area contributed by atoms with Gasteiger partial charge in [0.1, 0.15) is 0 Å². The lowest BCUT2D eigenvalue weighted by Crippen LogP contribution is -2.49. The number of nitrogens with zero attached hydrogens (tertiary/aromatic N) is 1. The third kappa shape index (κ3) is 4.36. The van der Waals surface area contributed by atoms with E-state index in [4.69, 9.17) is 5.73 Å². The molecule has 1 aliphatic heterocycles. The van der Waals surface area contributed by atoms with E-state index >= 15 is 0 Å². The Balaban J connectivity index is 0.00000220. The summed E-state index contributed by atoms with van der Waals surface area (Å²) in [7, 11) is 0. The van der Waals surface area contributed by atoms with E-state index in [1.54, 1.807) is 17.0 Å². The van der Waals surface area contributed by atoms with Gasteiger partial charge in [0, 0.05) is 37.3 Å². The summed E-state index contributed by atoms with van der Waals surface area (Å²) in [6.07, 6.45) is 1.82. The van der Waals surface area contributed by atoms with Gasteiger partial charge < -0.3 is 16.0 Å². The minimum Gasteiger partial charge on any atom is -0.399 e. The Morgan fingerprint density at radius 1 is 1.38 bits per heavy atom. The van der Waals surface area contributed by atoms with E-state index < -0.39 is 0 Å². The zero-order valence-corrected chi connectivity index (χ0v) is 13.2. The molecule has 1 unspecified atom stereocenters. The molecule has 0 saturated carbocycles. The minimum absolute atomic E-state index is 0. The molecule has 0 bridgehead atoms. The standard InChI is InChI=1S/C15H21N3O2.ClH/c1-10-5-6-12(16)8-14(10)15(20)18-7-3-4-13(9-18)17-11(2)19;/h5-6,8,13H,3-4,7,9,16H2,1-2H3,(H,17,19);1H. The Hall–Kier alpha value is -1.75. The molecular weight excluding hydrogens is 290 g/mol. The average Bonchev–Trinajstić information content (AvgIpc) is 2.40. The van der Waals surface area contributed by atoms with Crippen molar-refractivity contribution in [2.24, 2.45) is 0 Å². The van der Waals surface area contributed by atoms with E-state index in [0.717, 1.165) is 24.9 Å². The molecule has 1 aromatic rings. The third-order valence-electron chi connectivity index (χ3n) is 3.61. The highest BCUT2D eigenvalue weighted by Gasteiger charge is 2.25. The van der Waals surface area contributed by atoms with Crippen LogP contribution in [-0.2, 0) is 4.79 Å². The van der Waals surface area contributed by atoms with Gasteiger partial charge >= 0.3 is 0 Å². The van der Waals surface area contributed by atoms with Gasteiger partial charge in [0.2, 0.25) is 5.91 Å². The Labute approximate surface area is 131 Å². The van der Waals surface area contributed by atoms with Crippen LogP contribution in [0.25, 0.3) is 0 Å². The van der Waals surface area contributed by atoms with Crippen LogP contribution in [0.15, 0.2) is 18.2 Å². The van der Waals surface area contributed by atoms with Crippen molar-refractivity contribution < 1.29 is 9.59 Å². The van der Waals surface area contributed by atoms with Crippen LogP contribution < -0.4 is 11.1 Å². The number of rotatable bonds is 2. The number of anilines is 1.